The van der Waals surface area contributed by atoms with Gasteiger partial charge in [0.2, 0.25) is 0 Å². The fourth-order valence-corrected chi connectivity index (χ4v) is 4.56. The third-order valence-electron chi connectivity index (χ3n) is 6.44. The molecule has 4 heterocycles. The van der Waals surface area contributed by atoms with E-state index in [1.54, 1.807) is 17.1 Å². The van der Waals surface area contributed by atoms with Gasteiger partial charge < -0.3 is 9.42 Å². The topological polar surface area (TPSA) is 89.9 Å². The number of carbonyl (C=O) groups is 1. The molecule has 8 heteroatoms. The number of piperidine rings is 1. The predicted octanol–water partition coefficient (Wildman–Crippen LogP) is 3.15. The van der Waals surface area contributed by atoms with E-state index in [2.05, 4.69) is 15.2 Å². The first-order chi connectivity index (χ1) is 14.5. The van der Waals surface area contributed by atoms with E-state index >= 15 is 0 Å². The number of carbonyl (C=O) groups excluding carboxylic acids is 1. The molecule has 8 nitrogen and oxygen atoms in total. The first-order valence-electron chi connectivity index (χ1n) is 10.6. The van der Waals surface area contributed by atoms with Crippen molar-refractivity contribution in [1.29, 1.82) is 0 Å². The quantitative estimate of drug-likeness (QED) is 0.647. The van der Waals surface area contributed by atoms with Crippen LogP contribution in [0.4, 0.5) is 0 Å². The van der Waals surface area contributed by atoms with Gasteiger partial charge in [-0.25, -0.2) is 0 Å². The van der Waals surface area contributed by atoms with Gasteiger partial charge >= 0.3 is 0 Å². The Labute approximate surface area is 175 Å². The molecule has 0 spiro atoms. The van der Waals surface area contributed by atoms with Gasteiger partial charge in [-0.2, -0.15) is 10.1 Å². The SMILES string of the molecule is Cc1nn(C)cc1C(=O)N1CCC(CC2CC2)(c2noc(-c3cccnc3)n2)CC1. The van der Waals surface area contributed by atoms with Crippen molar-refractivity contribution in [2.45, 2.75) is 44.4 Å². The molecule has 0 radical (unpaired) electrons. The van der Waals surface area contributed by atoms with Crippen LogP contribution in [-0.4, -0.2) is 48.8 Å². The minimum absolute atomic E-state index is 0.0600. The molecule has 0 unspecified atom stereocenters. The van der Waals surface area contributed by atoms with Gasteiger partial charge in [-0.1, -0.05) is 18.0 Å². The molecular formula is C22H26N6O2. The van der Waals surface area contributed by atoms with E-state index in [4.69, 9.17) is 9.51 Å². The van der Waals surface area contributed by atoms with Crippen molar-refractivity contribution in [3.05, 3.63) is 47.8 Å². The number of pyridine rings is 1. The van der Waals surface area contributed by atoms with Crippen molar-refractivity contribution in [3.63, 3.8) is 0 Å². The average molecular weight is 406 g/mol. The summed E-state index contributed by atoms with van der Waals surface area (Å²) in [7, 11) is 1.84. The Morgan fingerprint density at radius 2 is 2.10 bits per heavy atom. The van der Waals surface area contributed by atoms with Crippen LogP contribution in [-0.2, 0) is 12.5 Å². The summed E-state index contributed by atoms with van der Waals surface area (Å²) >= 11 is 0. The van der Waals surface area contributed by atoms with Gasteiger partial charge in [-0.05, 0) is 44.2 Å². The normalized spacial score (nSPS) is 18.5. The lowest BCUT2D eigenvalue weighted by Gasteiger charge is -2.40. The summed E-state index contributed by atoms with van der Waals surface area (Å²) in [5, 5.41) is 8.70. The second kappa shape index (κ2) is 7.34. The number of rotatable bonds is 5. The zero-order valence-corrected chi connectivity index (χ0v) is 17.4. The molecule has 5 rings (SSSR count). The van der Waals surface area contributed by atoms with Gasteiger partial charge in [0.15, 0.2) is 5.82 Å². The summed E-state index contributed by atoms with van der Waals surface area (Å²) < 4.78 is 7.30. The Morgan fingerprint density at radius 3 is 2.73 bits per heavy atom. The lowest BCUT2D eigenvalue weighted by Crippen LogP contribution is -2.46. The number of amides is 1. The molecular weight excluding hydrogens is 380 g/mol. The van der Waals surface area contributed by atoms with E-state index in [0.29, 0.717) is 24.5 Å². The number of hydrogen-bond donors (Lipinski definition) is 0. The van der Waals surface area contributed by atoms with Crippen LogP contribution in [0.25, 0.3) is 11.5 Å². The van der Waals surface area contributed by atoms with E-state index in [0.717, 1.165) is 42.3 Å². The highest BCUT2D eigenvalue weighted by molar-refractivity contribution is 5.95. The molecule has 3 aromatic heterocycles. The van der Waals surface area contributed by atoms with Crippen molar-refractivity contribution in [2.75, 3.05) is 13.1 Å². The summed E-state index contributed by atoms with van der Waals surface area (Å²) in [5.74, 6) is 2.08. The lowest BCUT2D eigenvalue weighted by atomic mass is 9.73. The molecule has 0 aromatic carbocycles. The molecule has 3 aromatic rings. The fraction of sp³-hybridized carbons (Fsp3) is 0.500. The van der Waals surface area contributed by atoms with Crippen LogP contribution in [0.5, 0.6) is 0 Å². The van der Waals surface area contributed by atoms with Crippen molar-refractivity contribution in [1.82, 2.24) is 29.8 Å². The van der Waals surface area contributed by atoms with E-state index < -0.39 is 0 Å². The first kappa shape index (κ1) is 19.0. The predicted molar refractivity (Wildman–Crippen MR) is 110 cm³/mol. The molecule has 1 amide bonds. The van der Waals surface area contributed by atoms with E-state index in [9.17, 15) is 4.79 Å². The Kier molecular flexibility index (Phi) is 4.64. The average Bonchev–Trinajstić information content (AvgIpc) is 3.29. The largest absolute Gasteiger partial charge is 0.338 e. The summed E-state index contributed by atoms with van der Waals surface area (Å²) in [6.45, 7) is 3.27. The van der Waals surface area contributed by atoms with E-state index in [-0.39, 0.29) is 11.3 Å². The van der Waals surface area contributed by atoms with Crippen molar-refractivity contribution < 1.29 is 9.32 Å². The maximum atomic E-state index is 13.0. The van der Waals surface area contributed by atoms with Gasteiger partial charge in [0.05, 0.1) is 16.8 Å². The maximum Gasteiger partial charge on any atom is 0.259 e. The van der Waals surface area contributed by atoms with Gasteiger partial charge in [0, 0.05) is 44.1 Å². The second-order valence-corrected chi connectivity index (χ2v) is 8.69. The molecule has 1 saturated heterocycles. The molecule has 0 bridgehead atoms. The van der Waals surface area contributed by atoms with Crippen LogP contribution < -0.4 is 0 Å². The highest BCUT2D eigenvalue weighted by Gasteiger charge is 2.45. The highest BCUT2D eigenvalue weighted by atomic mass is 16.5. The Hall–Kier alpha value is -3.03. The van der Waals surface area contributed by atoms with Gasteiger partial charge in [-0.3, -0.25) is 14.5 Å². The molecule has 2 fully saturated rings. The molecule has 0 atom stereocenters. The summed E-state index contributed by atoms with van der Waals surface area (Å²) in [6.07, 6.45) is 10.6. The second-order valence-electron chi connectivity index (χ2n) is 8.69. The fourth-order valence-electron chi connectivity index (χ4n) is 4.56. The molecule has 1 saturated carbocycles. The smallest absolute Gasteiger partial charge is 0.259 e. The standard InChI is InChI=1S/C22H26N6O2/c1-15-18(14-27(2)25-15)20(29)28-10-7-22(8-11-28,12-16-5-6-16)21-24-19(30-26-21)17-4-3-9-23-13-17/h3-4,9,13-14,16H,5-8,10-12H2,1-2H3. The maximum absolute atomic E-state index is 13.0. The number of aromatic nitrogens is 5. The molecule has 2 aliphatic rings. The van der Waals surface area contributed by atoms with Gasteiger partial charge in [0.1, 0.15) is 0 Å². The van der Waals surface area contributed by atoms with Crippen LogP contribution >= 0.6 is 0 Å². The van der Waals surface area contributed by atoms with Crippen molar-refractivity contribution >= 4 is 5.91 Å². The number of nitrogens with zero attached hydrogens (tertiary/aromatic N) is 6. The third-order valence-corrected chi connectivity index (χ3v) is 6.44. The Morgan fingerprint density at radius 1 is 1.30 bits per heavy atom. The molecule has 1 aliphatic heterocycles. The van der Waals surface area contributed by atoms with Crippen molar-refractivity contribution in [2.24, 2.45) is 13.0 Å². The summed E-state index contributed by atoms with van der Waals surface area (Å²) in [6, 6.07) is 3.79. The number of likely N-dealkylation sites (tertiary alicyclic amines) is 1. The third kappa shape index (κ3) is 3.51. The van der Waals surface area contributed by atoms with E-state index in [1.165, 1.54) is 12.8 Å². The van der Waals surface area contributed by atoms with Crippen LogP contribution in [0, 0.1) is 12.8 Å². The number of aryl methyl sites for hydroxylation is 2. The highest BCUT2D eigenvalue weighted by Crippen LogP contribution is 2.47. The monoisotopic (exact) mass is 406 g/mol. The number of hydrogen-bond acceptors (Lipinski definition) is 6. The van der Waals surface area contributed by atoms with Crippen LogP contribution in [0.1, 0.15) is 54.0 Å². The van der Waals surface area contributed by atoms with Gasteiger partial charge in [0.25, 0.3) is 11.8 Å². The van der Waals surface area contributed by atoms with Crippen LogP contribution in [0.15, 0.2) is 35.2 Å². The summed E-state index contributed by atoms with van der Waals surface area (Å²) in [5.41, 5.74) is 2.16. The molecule has 1 aliphatic carbocycles. The lowest BCUT2D eigenvalue weighted by molar-refractivity contribution is 0.0645. The zero-order valence-electron chi connectivity index (χ0n) is 17.4. The van der Waals surface area contributed by atoms with Crippen molar-refractivity contribution in [3.8, 4) is 11.5 Å². The zero-order chi connectivity index (χ0) is 20.7. The summed E-state index contributed by atoms with van der Waals surface area (Å²) in [4.78, 5) is 23.9. The minimum Gasteiger partial charge on any atom is -0.338 e. The van der Waals surface area contributed by atoms with Gasteiger partial charge in [-0.15, -0.1) is 0 Å². The molecule has 0 N–H and O–H groups in total. The molecule has 30 heavy (non-hydrogen) atoms. The first-order valence-corrected chi connectivity index (χ1v) is 10.6. The Bertz CT molecular complexity index is 1040. The van der Waals surface area contributed by atoms with E-state index in [1.807, 2.05) is 37.2 Å². The van der Waals surface area contributed by atoms with Crippen LogP contribution in [0.2, 0.25) is 0 Å². The molecule has 156 valence electrons. The minimum atomic E-state index is -0.133. The Balaban J connectivity index is 1.37. The van der Waals surface area contributed by atoms with Crippen LogP contribution in [0.3, 0.4) is 0 Å².